The standard InChI is InChI=1S/C65H76F5N11O6S/c1-38-34-80(35-39(2)77(38)8)54-31-52(67)50(30-53(54)75-60(85)49-21-20-47(66)28-51(49)65(68,69)70)46-32-71-63(72-33-46)79-25-23-78(24-26-79)57(84)14-10-13-42-11-9-12-43(27-42)15-22-56(83)76-59(64(5,6)7)62(87)81-36-48(82)29-55(81)61(86)74-40(3)44-16-18-45(19-17-44)58-41(4)73-37-88-58/h9,11-12,16-21,27-28,30-33,37-40,48,55,59,82H,10,13-15,22-26,29,34-36H2,1-8H3,(H,74,86)(H,75,85)(H,76,83)/t38-,39+,40-,48+,55-,59+/m0/s1. The molecule has 0 radical (unpaired) electrons. The van der Waals surface area contributed by atoms with Crippen molar-refractivity contribution >= 4 is 58.2 Å². The zero-order valence-corrected chi connectivity index (χ0v) is 51.6. The SMILES string of the molecule is Cc1ncsc1-c1ccc([C@H](C)NC(=O)[C@@H]2C[C@@H](O)CN2C(=O)[C@@H](NC(=O)CCc2cccc(CCCC(=O)N3CCN(c4ncc(-c5cc(NC(=O)c6ccc(F)cc6C(F)(F)F)c(N6C[C@@H](C)N(C)[C@@H](C)C6)cc5F)cn4)CC3)c2)C(C)(C)C)cc1. The smallest absolute Gasteiger partial charge is 0.391 e. The quantitative estimate of drug-likeness (QED) is 0.0596. The van der Waals surface area contributed by atoms with Gasteiger partial charge in [0.2, 0.25) is 29.6 Å². The van der Waals surface area contributed by atoms with Gasteiger partial charge in [-0.15, -0.1) is 11.3 Å². The van der Waals surface area contributed by atoms with E-state index < -0.39 is 64.4 Å². The highest BCUT2D eigenvalue weighted by Crippen LogP contribution is 2.39. The molecule has 23 heteroatoms. The Morgan fingerprint density at radius 2 is 1.45 bits per heavy atom. The number of rotatable bonds is 18. The van der Waals surface area contributed by atoms with Crippen molar-refractivity contribution in [2.45, 2.75) is 129 Å². The number of hydrogen-bond acceptors (Lipinski definition) is 13. The fraction of sp³-hybridized carbons (Fsp3) is 0.446. The molecule has 0 aliphatic carbocycles. The van der Waals surface area contributed by atoms with E-state index in [1.54, 1.807) is 21.7 Å². The Labute approximate surface area is 513 Å². The fourth-order valence-electron chi connectivity index (χ4n) is 11.7. The molecule has 9 rings (SSSR count). The molecule has 0 bridgehead atoms. The van der Waals surface area contributed by atoms with E-state index in [1.807, 2.05) is 114 Å². The van der Waals surface area contributed by atoms with Crippen LogP contribution in [-0.4, -0.2) is 147 Å². The van der Waals surface area contributed by atoms with Crippen molar-refractivity contribution < 1.29 is 51.0 Å². The minimum atomic E-state index is -5.03. The summed E-state index contributed by atoms with van der Waals surface area (Å²) >= 11 is 1.56. The van der Waals surface area contributed by atoms with E-state index in [2.05, 4.69) is 35.8 Å². The molecule has 3 saturated heterocycles. The largest absolute Gasteiger partial charge is 0.417 e. The number of benzene rings is 4. The van der Waals surface area contributed by atoms with Crippen LogP contribution in [0.2, 0.25) is 0 Å². The number of carbonyl (C=O) groups excluding carboxylic acids is 5. The number of β-amino-alcohol motifs (C(OH)–C–C–N with tert-alkyl or cyclic N) is 1. The van der Waals surface area contributed by atoms with E-state index in [0.717, 1.165) is 45.0 Å². The van der Waals surface area contributed by atoms with Crippen molar-refractivity contribution in [1.29, 1.82) is 0 Å². The number of carbonyl (C=O) groups is 5. The predicted molar refractivity (Wildman–Crippen MR) is 329 cm³/mol. The summed E-state index contributed by atoms with van der Waals surface area (Å²) in [4.78, 5) is 92.4. The van der Waals surface area contributed by atoms with Crippen LogP contribution in [0.15, 0.2) is 96.8 Å². The number of halogens is 5. The second kappa shape index (κ2) is 27.2. The normalized spacial score (nSPS) is 19.1. The molecule has 3 aliphatic heterocycles. The number of nitrogens with zero attached hydrogens (tertiary/aromatic N) is 8. The van der Waals surface area contributed by atoms with Gasteiger partial charge in [-0.05, 0) is 112 Å². The summed E-state index contributed by atoms with van der Waals surface area (Å²) in [6, 6.07) is 17.9. The minimum Gasteiger partial charge on any atom is -0.391 e. The number of thiazole rings is 1. The minimum absolute atomic E-state index is 0.00263. The summed E-state index contributed by atoms with van der Waals surface area (Å²) in [6.07, 6.45) is -0.994. The lowest BCUT2D eigenvalue weighted by Gasteiger charge is -2.44. The van der Waals surface area contributed by atoms with Crippen LogP contribution in [0, 0.1) is 24.0 Å². The molecule has 4 N–H and O–H groups in total. The van der Waals surface area contributed by atoms with Crippen LogP contribution in [0.3, 0.4) is 0 Å². The molecule has 88 heavy (non-hydrogen) atoms. The fourth-order valence-corrected chi connectivity index (χ4v) is 12.5. The maximum absolute atomic E-state index is 16.3. The maximum atomic E-state index is 16.3. The summed E-state index contributed by atoms with van der Waals surface area (Å²) in [7, 11) is 1.96. The van der Waals surface area contributed by atoms with E-state index in [1.165, 1.54) is 29.4 Å². The van der Waals surface area contributed by atoms with Crippen molar-refractivity contribution in [1.82, 2.24) is 40.3 Å². The molecule has 5 amide bonds. The van der Waals surface area contributed by atoms with Gasteiger partial charge in [0.15, 0.2) is 0 Å². The van der Waals surface area contributed by atoms with Crippen molar-refractivity contribution in [2.24, 2.45) is 5.41 Å². The Balaban J connectivity index is 0.749. The van der Waals surface area contributed by atoms with E-state index in [0.29, 0.717) is 70.9 Å². The molecule has 468 valence electrons. The number of aliphatic hydroxyl groups is 1. The number of nitrogens with one attached hydrogen (secondary N) is 3. The molecule has 2 aromatic heterocycles. The van der Waals surface area contributed by atoms with E-state index in [9.17, 15) is 46.6 Å². The lowest BCUT2D eigenvalue weighted by atomic mass is 9.85. The number of amides is 5. The molecule has 6 aromatic rings. The maximum Gasteiger partial charge on any atom is 0.417 e. The van der Waals surface area contributed by atoms with E-state index in [-0.39, 0.29) is 83.8 Å². The third kappa shape index (κ3) is 15.3. The van der Waals surface area contributed by atoms with Gasteiger partial charge < -0.3 is 40.7 Å². The second-order valence-electron chi connectivity index (χ2n) is 24.5. The van der Waals surface area contributed by atoms with Gasteiger partial charge in [0.25, 0.3) is 5.91 Å². The number of likely N-dealkylation sites (N-methyl/N-ethyl adjacent to an activating group) is 1. The molecule has 4 aromatic carbocycles. The predicted octanol–water partition coefficient (Wildman–Crippen LogP) is 9.63. The first-order valence-electron chi connectivity index (χ1n) is 29.7. The van der Waals surface area contributed by atoms with Crippen LogP contribution in [0.4, 0.5) is 39.3 Å². The molecule has 3 aliphatic rings. The summed E-state index contributed by atoms with van der Waals surface area (Å²) in [5.41, 5.74) is 4.18. The van der Waals surface area contributed by atoms with Gasteiger partial charge in [-0.25, -0.2) is 23.7 Å². The molecule has 6 atom stereocenters. The van der Waals surface area contributed by atoms with Crippen molar-refractivity contribution in [3.05, 3.63) is 142 Å². The number of anilines is 3. The first kappa shape index (κ1) is 64.6. The Bertz CT molecular complexity index is 3490. The van der Waals surface area contributed by atoms with Crippen LogP contribution >= 0.6 is 11.3 Å². The molecule has 5 heterocycles. The molecule has 0 spiro atoms. The summed E-state index contributed by atoms with van der Waals surface area (Å²) in [6.45, 7) is 15.9. The second-order valence-corrected chi connectivity index (χ2v) is 25.3. The van der Waals surface area contributed by atoms with Gasteiger partial charge >= 0.3 is 6.18 Å². The lowest BCUT2D eigenvalue weighted by Crippen LogP contribution is -2.57. The van der Waals surface area contributed by atoms with Crippen molar-refractivity contribution in [2.75, 3.05) is 68.0 Å². The number of alkyl halides is 3. The van der Waals surface area contributed by atoms with Crippen LogP contribution in [0.5, 0.6) is 0 Å². The number of piperazine rings is 2. The zero-order valence-electron chi connectivity index (χ0n) is 50.8. The highest BCUT2D eigenvalue weighted by Gasteiger charge is 2.45. The summed E-state index contributed by atoms with van der Waals surface area (Å²) in [5, 5.41) is 19.3. The molecule has 0 saturated carbocycles. The van der Waals surface area contributed by atoms with Crippen LogP contribution < -0.4 is 25.8 Å². The van der Waals surface area contributed by atoms with Crippen LogP contribution in [0.1, 0.15) is 112 Å². The Morgan fingerprint density at radius 1 is 0.784 bits per heavy atom. The van der Waals surface area contributed by atoms with Crippen LogP contribution in [-0.2, 0) is 38.2 Å². The van der Waals surface area contributed by atoms with Gasteiger partial charge in [-0.2, -0.15) is 13.2 Å². The summed E-state index contributed by atoms with van der Waals surface area (Å²) in [5.74, 6) is -3.79. The molecular formula is C65H76F5N11O6S. The highest BCUT2D eigenvalue weighted by molar-refractivity contribution is 7.13. The van der Waals surface area contributed by atoms with E-state index in [4.69, 9.17) is 0 Å². The number of hydrogen-bond donors (Lipinski definition) is 4. The number of likely N-dealkylation sites (tertiary alicyclic amines) is 1. The molecule has 0 unspecified atom stereocenters. The topological polar surface area (TPSA) is 197 Å². The number of aromatic nitrogens is 3. The average molecular weight is 1230 g/mol. The van der Waals surface area contributed by atoms with Crippen molar-refractivity contribution in [3.63, 3.8) is 0 Å². The Morgan fingerprint density at radius 3 is 2.09 bits per heavy atom. The third-order valence-corrected chi connectivity index (χ3v) is 18.0. The monoisotopic (exact) mass is 1230 g/mol. The van der Waals surface area contributed by atoms with Gasteiger partial charge in [0.05, 0.1) is 50.7 Å². The lowest BCUT2D eigenvalue weighted by molar-refractivity contribution is -0.144. The van der Waals surface area contributed by atoms with Gasteiger partial charge in [-0.3, -0.25) is 28.9 Å². The Hall–Kier alpha value is -7.89. The average Bonchev–Trinajstić information content (AvgIpc) is 2.72. The molecular weight excluding hydrogens is 1160 g/mol. The van der Waals surface area contributed by atoms with Gasteiger partial charge in [0.1, 0.15) is 23.7 Å². The molecule has 17 nitrogen and oxygen atoms in total. The third-order valence-electron chi connectivity index (χ3n) is 17.0. The van der Waals surface area contributed by atoms with Crippen LogP contribution in [0.25, 0.3) is 21.6 Å². The van der Waals surface area contributed by atoms with Gasteiger partial charge in [-0.1, -0.05) is 69.3 Å². The zero-order chi connectivity index (χ0) is 63.4. The molecule has 3 fully saturated rings. The number of aliphatic hydroxyl groups excluding tert-OH is 1. The highest BCUT2D eigenvalue weighted by atomic mass is 32.1. The first-order valence-corrected chi connectivity index (χ1v) is 30.6. The van der Waals surface area contributed by atoms with Gasteiger partial charge in [0, 0.05) is 101 Å². The summed E-state index contributed by atoms with van der Waals surface area (Å²) < 4.78 is 72.3. The van der Waals surface area contributed by atoms with E-state index >= 15 is 4.39 Å². The number of aryl methyl sites for hydroxylation is 3. The Kier molecular flexibility index (Phi) is 20.0. The van der Waals surface area contributed by atoms with Crippen molar-refractivity contribution in [3.8, 4) is 21.6 Å². The first-order chi connectivity index (χ1) is 41.7.